The van der Waals surface area contributed by atoms with Crippen LogP contribution in [-0.2, 0) is 0 Å². The summed E-state index contributed by atoms with van der Waals surface area (Å²) in [6.45, 7) is 2.03. The lowest BCUT2D eigenvalue weighted by atomic mass is 10.1. The Morgan fingerprint density at radius 1 is 1.33 bits per heavy atom. The van der Waals surface area contributed by atoms with Crippen LogP contribution in [0.4, 0.5) is 11.4 Å². The first kappa shape index (κ1) is 15.3. The van der Waals surface area contributed by atoms with Crippen LogP contribution in [0.3, 0.4) is 0 Å². The molecule has 0 spiro atoms. The van der Waals surface area contributed by atoms with E-state index in [1.54, 1.807) is 43.1 Å². The standard InChI is InChI=1S/C15H21N3O3/c1-10(11-5-6-11)17(4)15(19)12-7-8-13(16(2)3)14(9-12)18(20)21/h7-11H,5-6H2,1-4H3. The third-order valence-corrected chi connectivity index (χ3v) is 4.14. The van der Waals surface area contributed by atoms with Crippen molar-refractivity contribution in [2.45, 2.75) is 25.8 Å². The lowest BCUT2D eigenvalue weighted by Gasteiger charge is -2.25. The smallest absolute Gasteiger partial charge is 0.293 e. The van der Waals surface area contributed by atoms with E-state index in [2.05, 4.69) is 0 Å². The van der Waals surface area contributed by atoms with Crippen molar-refractivity contribution in [3.63, 3.8) is 0 Å². The summed E-state index contributed by atoms with van der Waals surface area (Å²) in [5.41, 5.74) is 0.815. The fourth-order valence-electron chi connectivity index (χ4n) is 2.46. The molecule has 1 fully saturated rings. The third kappa shape index (κ3) is 3.15. The van der Waals surface area contributed by atoms with Gasteiger partial charge in [-0.05, 0) is 37.8 Å². The lowest BCUT2D eigenvalue weighted by molar-refractivity contribution is -0.384. The van der Waals surface area contributed by atoms with E-state index >= 15 is 0 Å². The number of rotatable bonds is 5. The molecule has 0 aliphatic heterocycles. The first-order valence-corrected chi connectivity index (χ1v) is 7.06. The number of carbonyl (C=O) groups is 1. The second-order valence-electron chi connectivity index (χ2n) is 5.85. The molecule has 0 N–H and O–H groups in total. The van der Waals surface area contributed by atoms with Crippen LogP contribution in [0.1, 0.15) is 30.1 Å². The van der Waals surface area contributed by atoms with E-state index in [-0.39, 0.29) is 17.6 Å². The van der Waals surface area contributed by atoms with Crippen LogP contribution in [0.15, 0.2) is 18.2 Å². The predicted molar refractivity (Wildman–Crippen MR) is 81.7 cm³/mol. The Kier molecular flexibility index (Phi) is 4.16. The van der Waals surface area contributed by atoms with Crippen LogP contribution in [0, 0.1) is 16.0 Å². The van der Waals surface area contributed by atoms with Crippen molar-refractivity contribution in [3.8, 4) is 0 Å². The molecular weight excluding hydrogens is 270 g/mol. The summed E-state index contributed by atoms with van der Waals surface area (Å²) in [4.78, 5) is 26.5. The van der Waals surface area contributed by atoms with Crippen LogP contribution in [-0.4, -0.2) is 42.9 Å². The van der Waals surface area contributed by atoms with Crippen molar-refractivity contribution in [2.24, 2.45) is 5.92 Å². The molecule has 21 heavy (non-hydrogen) atoms. The normalized spacial score (nSPS) is 15.4. The van der Waals surface area contributed by atoms with Crippen LogP contribution < -0.4 is 4.90 Å². The van der Waals surface area contributed by atoms with Gasteiger partial charge in [-0.2, -0.15) is 0 Å². The van der Waals surface area contributed by atoms with Crippen LogP contribution in [0.2, 0.25) is 0 Å². The van der Waals surface area contributed by atoms with Gasteiger partial charge in [0.25, 0.3) is 11.6 Å². The van der Waals surface area contributed by atoms with Gasteiger partial charge in [0, 0.05) is 38.8 Å². The molecule has 0 aromatic heterocycles. The first-order chi connectivity index (χ1) is 9.82. The largest absolute Gasteiger partial charge is 0.372 e. The molecule has 2 rings (SSSR count). The number of benzene rings is 1. The Morgan fingerprint density at radius 3 is 2.43 bits per heavy atom. The average molecular weight is 291 g/mol. The summed E-state index contributed by atoms with van der Waals surface area (Å²) in [5, 5.41) is 11.2. The van der Waals surface area contributed by atoms with Gasteiger partial charge in [-0.1, -0.05) is 0 Å². The lowest BCUT2D eigenvalue weighted by Crippen LogP contribution is -2.36. The van der Waals surface area contributed by atoms with Gasteiger partial charge >= 0.3 is 0 Å². The maximum atomic E-state index is 12.5. The molecule has 6 nitrogen and oxygen atoms in total. The Hall–Kier alpha value is -2.11. The van der Waals surface area contributed by atoms with Crippen LogP contribution in [0.5, 0.6) is 0 Å². The maximum Gasteiger partial charge on any atom is 0.293 e. The second kappa shape index (κ2) is 5.71. The fourth-order valence-corrected chi connectivity index (χ4v) is 2.46. The van der Waals surface area contributed by atoms with Crippen molar-refractivity contribution in [1.82, 2.24) is 4.90 Å². The highest BCUT2D eigenvalue weighted by atomic mass is 16.6. The van der Waals surface area contributed by atoms with Crippen molar-refractivity contribution in [1.29, 1.82) is 0 Å². The molecule has 1 amide bonds. The van der Waals surface area contributed by atoms with Crippen molar-refractivity contribution < 1.29 is 9.72 Å². The van der Waals surface area contributed by atoms with Crippen LogP contribution >= 0.6 is 0 Å². The third-order valence-electron chi connectivity index (χ3n) is 4.14. The number of hydrogen-bond acceptors (Lipinski definition) is 4. The van der Waals surface area contributed by atoms with E-state index in [1.165, 1.54) is 6.07 Å². The quantitative estimate of drug-likeness (QED) is 0.617. The zero-order chi connectivity index (χ0) is 15.7. The number of nitrogens with zero attached hydrogens (tertiary/aromatic N) is 3. The molecule has 1 aliphatic carbocycles. The highest BCUT2D eigenvalue weighted by molar-refractivity contribution is 5.95. The van der Waals surface area contributed by atoms with Gasteiger partial charge in [-0.3, -0.25) is 14.9 Å². The minimum absolute atomic E-state index is 0.0432. The van der Waals surface area contributed by atoms with Gasteiger partial charge in [0.1, 0.15) is 5.69 Å². The Bertz CT molecular complexity index is 567. The average Bonchev–Trinajstić information content (AvgIpc) is 3.28. The molecule has 0 heterocycles. The van der Waals surface area contributed by atoms with Gasteiger partial charge in [0.15, 0.2) is 0 Å². The minimum Gasteiger partial charge on any atom is -0.372 e. The van der Waals surface area contributed by atoms with Gasteiger partial charge in [-0.25, -0.2) is 0 Å². The molecule has 1 atom stereocenters. The van der Waals surface area contributed by atoms with Gasteiger partial charge in [0.05, 0.1) is 4.92 Å². The van der Waals surface area contributed by atoms with E-state index < -0.39 is 4.92 Å². The Labute approximate surface area is 124 Å². The summed E-state index contributed by atoms with van der Waals surface area (Å²) >= 11 is 0. The molecule has 1 aromatic carbocycles. The molecule has 0 bridgehead atoms. The summed E-state index contributed by atoms with van der Waals surface area (Å²) in [6.07, 6.45) is 2.30. The number of amides is 1. The van der Waals surface area contributed by atoms with E-state index in [1.807, 2.05) is 6.92 Å². The zero-order valence-electron chi connectivity index (χ0n) is 12.9. The summed E-state index contributed by atoms with van der Waals surface area (Å²) in [7, 11) is 5.24. The number of carbonyl (C=O) groups excluding carboxylic acids is 1. The highest BCUT2D eigenvalue weighted by Crippen LogP contribution is 2.35. The summed E-state index contributed by atoms with van der Waals surface area (Å²) in [5.74, 6) is 0.401. The van der Waals surface area contributed by atoms with Crippen LogP contribution in [0.25, 0.3) is 0 Å². The summed E-state index contributed by atoms with van der Waals surface area (Å²) < 4.78 is 0. The first-order valence-electron chi connectivity index (χ1n) is 7.06. The number of nitro groups is 1. The molecular formula is C15H21N3O3. The SMILES string of the molecule is CC(C1CC1)N(C)C(=O)c1ccc(N(C)C)c([N+](=O)[O-])c1. The highest BCUT2D eigenvalue weighted by Gasteiger charge is 2.33. The van der Waals surface area contributed by atoms with E-state index in [0.717, 1.165) is 12.8 Å². The molecule has 6 heteroatoms. The Morgan fingerprint density at radius 2 is 1.95 bits per heavy atom. The molecule has 1 saturated carbocycles. The topological polar surface area (TPSA) is 66.7 Å². The monoisotopic (exact) mass is 291 g/mol. The number of hydrogen-bond donors (Lipinski definition) is 0. The van der Waals surface area contributed by atoms with E-state index in [9.17, 15) is 14.9 Å². The second-order valence-corrected chi connectivity index (χ2v) is 5.85. The zero-order valence-corrected chi connectivity index (χ0v) is 12.9. The van der Waals surface area contributed by atoms with Crippen molar-refractivity contribution >= 4 is 17.3 Å². The molecule has 0 radical (unpaired) electrons. The van der Waals surface area contributed by atoms with Gasteiger partial charge in [-0.15, -0.1) is 0 Å². The summed E-state index contributed by atoms with van der Waals surface area (Å²) in [6, 6.07) is 4.82. The molecule has 114 valence electrons. The Balaban J connectivity index is 2.29. The van der Waals surface area contributed by atoms with Gasteiger partial charge < -0.3 is 9.80 Å². The molecule has 1 aromatic rings. The van der Waals surface area contributed by atoms with E-state index in [0.29, 0.717) is 17.2 Å². The fraction of sp³-hybridized carbons (Fsp3) is 0.533. The predicted octanol–water partition coefficient (Wildman–Crippen LogP) is 2.53. The number of nitro benzene ring substituents is 1. The minimum atomic E-state index is -0.448. The van der Waals surface area contributed by atoms with E-state index in [4.69, 9.17) is 0 Å². The maximum absolute atomic E-state index is 12.5. The number of anilines is 1. The van der Waals surface area contributed by atoms with Gasteiger partial charge in [0.2, 0.25) is 0 Å². The molecule has 1 unspecified atom stereocenters. The van der Waals surface area contributed by atoms with Crippen molar-refractivity contribution in [3.05, 3.63) is 33.9 Å². The molecule has 0 saturated heterocycles. The molecule has 1 aliphatic rings. The van der Waals surface area contributed by atoms with Crippen molar-refractivity contribution in [2.75, 3.05) is 26.0 Å².